The molecule has 0 fully saturated rings. The molecule has 1 atom stereocenters. The van der Waals surface area contributed by atoms with E-state index in [9.17, 15) is 14.9 Å². The van der Waals surface area contributed by atoms with E-state index in [-0.39, 0.29) is 15.9 Å². The number of ether oxygens (including phenoxy) is 1. The van der Waals surface area contributed by atoms with Gasteiger partial charge in [0.15, 0.2) is 6.10 Å². The molecule has 0 aromatic heterocycles. The second-order valence-electron chi connectivity index (χ2n) is 3.12. The number of nitrogens with zero attached hydrogens (tertiary/aromatic N) is 1. The highest BCUT2D eigenvalue weighted by atomic mass is 79.9. The van der Waals surface area contributed by atoms with E-state index < -0.39 is 16.9 Å². The fraction of sp³-hybridized carbons (Fsp3) is 0.222. The van der Waals surface area contributed by atoms with Crippen LogP contribution in [0.25, 0.3) is 0 Å². The minimum atomic E-state index is -0.849. The number of carbonyl (C=O) groups is 1. The van der Waals surface area contributed by atoms with Gasteiger partial charge in [-0.1, -0.05) is 6.07 Å². The van der Waals surface area contributed by atoms with Crippen LogP contribution < -0.4 is 16.0 Å². The van der Waals surface area contributed by atoms with Crippen LogP contribution in [0.2, 0.25) is 0 Å². The Kier molecular flexibility index (Phi) is 4.41. The molecule has 1 amide bonds. The number of nitro benzene ring substituents is 1. The van der Waals surface area contributed by atoms with Crippen molar-refractivity contribution in [1.82, 2.24) is 5.43 Å². The average Bonchev–Trinajstić information content (AvgIpc) is 2.30. The second kappa shape index (κ2) is 5.60. The van der Waals surface area contributed by atoms with E-state index in [0.717, 1.165) is 0 Å². The summed E-state index contributed by atoms with van der Waals surface area (Å²) in [6, 6.07) is 4.30. The SMILES string of the molecule is CC(Oc1cccc([N+](=O)[O-])c1Br)C(=O)NN. The highest BCUT2D eigenvalue weighted by Crippen LogP contribution is 2.34. The van der Waals surface area contributed by atoms with Crippen LogP contribution in [-0.2, 0) is 4.79 Å². The zero-order valence-corrected chi connectivity index (χ0v) is 10.4. The number of rotatable bonds is 4. The monoisotopic (exact) mass is 303 g/mol. The Balaban J connectivity index is 2.96. The van der Waals surface area contributed by atoms with E-state index in [1.54, 1.807) is 0 Å². The third-order valence-corrected chi connectivity index (χ3v) is 2.75. The molecule has 3 N–H and O–H groups in total. The Bertz CT molecular complexity index is 452. The normalized spacial score (nSPS) is 11.7. The van der Waals surface area contributed by atoms with E-state index in [2.05, 4.69) is 15.9 Å². The summed E-state index contributed by atoms with van der Waals surface area (Å²) in [5, 5.41) is 10.7. The summed E-state index contributed by atoms with van der Waals surface area (Å²) < 4.78 is 5.43. The third-order valence-electron chi connectivity index (χ3n) is 1.95. The molecule has 1 rings (SSSR count). The lowest BCUT2D eigenvalue weighted by Crippen LogP contribution is -2.40. The van der Waals surface area contributed by atoms with E-state index in [1.807, 2.05) is 5.43 Å². The summed E-state index contributed by atoms with van der Waals surface area (Å²) in [5.74, 6) is 4.62. The highest BCUT2D eigenvalue weighted by Gasteiger charge is 2.19. The van der Waals surface area contributed by atoms with Gasteiger partial charge in [0.2, 0.25) is 0 Å². The minimum Gasteiger partial charge on any atom is -0.479 e. The van der Waals surface area contributed by atoms with Crippen LogP contribution in [0.3, 0.4) is 0 Å². The van der Waals surface area contributed by atoms with Crippen molar-refractivity contribution in [3.8, 4) is 5.75 Å². The average molecular weight is 304 g/mol. The number of benzene rings is 1. The molecular formula is C9H10BrN3O4. The molecule has 1 aromatic rings. The standard InChI is InChI=1S/C9H10BrN3O4/c1-5(9(14)12-11)17-7-4-2-3-6(8(7)10)13(15)16/h2-5H,11H2,1H3,(H,12,14). The van der Waals surface area contributed by atoms with Crippen molar-refractivity contribution in [3.05, 3.63) is 32.8 Å². The van der Waals surface area contributed by atoms with E-state index in [0.29, 0.717) is 0 Å². The summed E-state index contributed by atoms with van der Waals surface area (Å²) in [6.07, 6.45) is -0.849. The lowest BCUT2D eigenvalue weighted by atomic mass is 10.3. The molecule has 0 spiro atoms. The maximum Gasteiger partial charge on any atom is 0.287 e. The van der Waals surface area contributed by atoms with Gasteiger partial charge in [-0.3, -0.25) is 20.3 Å². The maximum absolute atomic E-state index is 11.1. The quantitative estimate of drug-likeness (QED) is 0.375. The Labute approximate surface area is 105 Å². The van der Waals surface area contributed by atoms with Gasteiger partial charge in [0.25, 0.3) is 11.6 Å². The van der Waals surface area contributed by atoms with Gasteiger partial charge < -0.3 is 4.74 Å². The largest absolute Gasteiger partial charge is 0.479 e. The first-order valence-corrected chi connectivity index (χ1v) is 5.36. The van der Waals surface area contributed by atoms with Gasteiger partial charge in [0.1, 0.15) is 10.2 Å². The topological polar surface area (TPSA) is 107 Å². The number of hydrogen-bond acceptors (Lipinski definition) is 5. The van der Waals surface area contributed by atoms with Gasteiger partial charge in [-0.05, 0) is 28.9 Å². The molecule has 8 heteroatoms. The molecule has 0 aliphatic rings. The minimum absolute atomic E-state index is 0.136. The van der Waals surface area contributed by atoms with Crippen molar-refractivity contribution in [2.24, 2.45) is 5.84 Å². The number of carbonyl (C=O) groups excluding carboxylic acids is 1. The molecule has 0 saturated carbocycles. The molecule has 17 heavy (non-hydrogen) atoms. The molecule has 7 nitrogen and oxygen atoms in total. The first kappa shape index (κ1) is 13.4. The Hall–Kier alpha value is -1.67. The predicted octanol–water partition coefficient (Wildman–Crippen LogP) is 1.11. The van der Waals surface area contributed by atoms with Crippen LogP contribution in [0, 0.1) is 10.1 Å². The number of halogens is 1. The van der Waals surface area contributed by atoms with Crippen molar-refractivity contribution in [2.75, 3.05) is 0 Å². The number of nitrogens with one attached hydrogen (secondary N) is 1. The summed E-state index contributed by atoms with van der Waals surface area (Å²) >= 11 is 3.05. The highest BCUT2D eigenvalue weighted by molar-refractivity contribution is 9.10. The zero-order chi connectivity index (χ0) is 13.0. The van der Waals surface area contributed by atoms with Crippen molar-refractivity contribution in [2.45, 2.75) is 13.0 Å². The number of nitro groups is 1. The molecule has 0 aliphatic carbocycles. The first-order chi connectivity index (χ1) is 7.97. The Morgan fingerprint density at radius 1 is 1.65 bits per heavy atom. The van der Waals surface area contributed by atoms with Crippen LogP contribution in [0.15, 0.2) is 22.7 Å². The van der Waals surface area contributed by atoms with Crippen LogP contribution >= 0.6 is 15.9 Å². The molecular weight excluding hydrogens is 294 g/mol. The van der Waals surface area contributed by atoms with Gasteiger partial charge in [0, 0.05) is 6.07 Å². The summed E-state index contributed by atoms with van der Waals surface area (Å²) in [4.78, 5) is 21.3. The van der Waals surface area contributed by atoms with Gasteiger partial charge in [-0.2, -0.15) is 0 Å². The molecule has 0 heterocycles. The summed E-state index contributed by atoms with van der Waals surface area (Å²) in [7, 11) is 0. The van der Waals surface area contributed by atoms with Gasteiger partial charge in [-0.15, -0.1) is 0 Å². The van der Waals surface area contributed by atoms with E-state index in [4.69, 9.17) is 10.6 Å². The molecule has 0 saturated heterocycles. The summed E-state index contributed by atoms with van der Waals surface area (Å²) in [5.41, 5.74) is 1.79. The molecule has 0 aliphatic heterocycles. The molecule has 1 aromatic carbocycles. The first-order valence-electron chi connectivity index (χ1n) is 4.57. The van der Waals surface area contributed by atoms with Crippen molar-refractivity contribution in [3.63, 3.8) is 0 Å². The fourth-order valence-electron chi connectivity index (χ4n) is 1.09. The maximum atomic E-state index is 11.1. The van der Waals surface area contributed by atoms with Crippen LogP contribution in [-0.4, -0.2) is 16.9 Å². The lowest BCUT2D eigenvalue weighted by molar-refractivity contribution is -0.385. The number of hydrogen-bond donors (Lipinski definition) is 2. The molecule has 92 valence electrons. The van der Waals surface area contributed by atoms with Gasteiger partial charge in [0.05, 0.1) is 4.92 Å². The second-order valence-corrected chi connectivity index (χ2v) is 3.91. The van der Waals surface area contributed by atoms with Crippen LogP contribution in [0.5, 0.6) is 5.75 Å². The summed E-state index contributed by atoms with van der Waals surface area (Å²) in [6.45, 7) is 1.48. The smallest absolute Gasteiger partial charge is 0.287 e. The number of nitrogens with two attached hydrogens (primary N) is 1. The lowest BCUT2D eigenvalue weighted by Gasteiger charge is -2.13. The van der Waals surface area contributed by atoms with E-state index in [1.165, 1.54) is 25.1 Å². The van der Waals surface area contributed by atoms with E-state index >= 15 is 0 Å². The molecule has 0 radical (unpaired) electrons. The Morgan fingerprint density at radius 3 is 2.82 bits per heavy atom. The van der Waals surface area contributed by atoms with Crippen LogP contribution in [0.4, 0.5) is 5.69 Å². The van der Waals surface area contributed by atoms with Gasteiger partial charge >= 0.3 is 0 Å². The third kappa shape index (κ3) is 3.14. The predicted molar refractivity (Wildman–Crippen MR) is 63.2 cm³/mol. The Morgan fingerprint density at radius 2 is 2.29 bits per heavy atom. The number of hydrazine groups is 1. The molecule has 1 unspecified atom stereocenters. The zero-order valence-electron chi connectivity index (χ0n) is 8.84. The van der Waals surface area contributed by atoms with Crippen molar-refractivity contribution < 1.29 is 14.5 Å². The van der Waals surface area contributed by atoms with Crippen molar-refractivity contribution >= 4 is 27.5 Å². The van der Waals surface area contributed by atoms with Crippen molar-refractivity contribution in [1.29, 1.82) is 0 Å². The number of amides is 1. The fourth-order valence-corrected chi connectivity index (χ4v) is 1.60. The van der Waals surface area contributed by atoms with Gasteiger partial charge in [-0.25, -0.2) is 5.84 Å². The van der Waals surface area contributed by atoms with Crippen LogP contribution in [0.1, 0.15) is 6.92 Å². The molecule has 0 bridgehead atoms.